The van der Waals surface area contributed by atoms with E-state index in [-0.39, 0.29) is 18.0 Å². The second kappa shape index (κ2) is 10.8. The Labute approximate surface area is 217 Å². The molecule has 0 bridgehead atoms. The second-order valence-corrected chi connectivity index (χ2v) is 10.8. The first kappa shape index (κ1) is 25.8. The molecule has 2 aromatic carbocycles. The molecule has 190 valence electrons. The summed E-state index contributed by atoms with van der Waals surface area (Å²) < 4.78 is 24.0. The number of nitrogens with zero attached hydrogens (tertiary/aromatic N) is 3. The number of para-hydroxylation sites is 1. The normalized spacial score (nSPS) is 11.1. The quantitative estimate of drug-likeness (QED) is 0.355. The number of hydrogen-bond acceptors (Lipinski definition) is 7. The van der Waals surface area contributed by atoms with Crippen molar-refractivity contribution >= 4 is 49.9 Å². The van der Waals surface area contributed by atoms with Crippen molar-refractivity contribution in [1.82, 2.24) is 14.3 Å². The zero-order chi connectivity index (χ0) is 26.6. The van der Waals surface area contributed by atoms with Gasteiger partial charge >= 0.3 is 0 Å². The lowest BCUT2D eigenvalue weighted by Gasteiger charge is -2.17. The first-order valence-electron chi connectivity index (χ1n) is 11.0. The van der Waals surface area contributed by atoms with Gasteiger partial charge in [-0.05, 0) is 30.3 Å². The fourth-order valence-electron chi connectivity index (χ4n) is 3.38. The summed E-state index contributed by atoms with van der Waals surface area (Å²) in [6, 6.07) is 17.7. The van der Waals surface area contributed by atoms with E-state index >= 15 is 0 Å². The summed E-state index contributed by atoms with van der Waals surface area (Å²) in [7, 11) is -1.79. The van der Waals surface area contributed by atoms with E-state index < -0.39 is 21.8 Å². The molecule has 3 amide bonds. The number of hydrogen-bond donors (Lipinski definition) is 2. The number of nitrogens with one attached hydrogen (secondary N) is 2. The summed E-state index contributed by atoms with van der Waals surface area (Å²) in [5.41, 5.74) is 2.68. The highest BCUT2D eigenvalue weighted by Crippen LogP contribution is 2.26. The van der Waals surface area contributed by atoms with E-state index in [0.29, 0.717) is 22.0 Å². The highest BCUT2D eigenvalue weighted by atomic mass is 32.2. The van der Waals surface area contributed by atoms with Crippen LogP contribution in [0.3, 0.4) is 0 Å². The third-order valence-corrected chi connectivity index (χ3v) is 7.08. The van der Waals surface area contributed by atoms with Crippen LogP contribution in [0.4, 0.5) is 10.8 Å². The molecule has 10 nitrogen and oxygen atoms in total. The van der Waals surface area contributed by atoms with Gasteiger partial charge in [-0.2, -0.15) is 0 Å². The van der Waals surface area contributed by atoms with E-state index in [4.69, 9.17) is 0 Å². The van der Waals surface area contributed by atoms with Crippen LogP contribution in [-0.2, 0) is 14.8 Å². The predicted molar refractivity (Wildman–Crippen MR) is 142 cm³/mol. The molecule has 0 saturated heterocycles. The van der Waals surface area contributed by atoms with Crippen molar-refractivity contribution < 1.29 is 22.8 Å². The average molecular weight is 538 g/mol. The van der Waals surface area contributed by atoms with Crippen molar-refractivity contribution in [2.75, 3.05) is 30.1 Å². The minimum atomic E-state index is -3.50. The summed E-state index contributed by atoms with van der Waals surface area (Å²) in [4.78, 5) is 43.4. The molecule has 2 aromatic heterocycles. The molecule has 0 aliphatic rings. The second-order valence-electron chi connectivity index (χ2n) is 8.04. The summed E-state index contributed by atoms with van der Waals surface area (Å²) in [6.07, 6.45) is 3.44. The monoisotopic (exact) mass is 537 g/mol. The molecule has 2 N–H and O–H groups in total. The largest absolute Gasteiger partial charge is 0.343 e. The number of anilines is 2. The van der Waals surface area contributed by atoms with E-state index in [9.17, 15) is 22.8 Å². The van der Waals surface area contributed by atoms with Crippen LogP contribution in [0.1, 0.15) is 20.7 Å². The van der Waals surface area contributed by atoms with Gasteiger partial charge in [-0.25, -0.2) is 13.4 Å². The number of benzene rings is 2. The maximum Gasteiger partial charge on any atom is 0.258 e. The fourth-order valence-corrected chi connectivity index (χ4v) is 4.70. The van der Waals surface area contributed by atoms with Crippen LogP contribution >= 0.6 is 11.3 Å². The summed E-state index contributed by atoms with van der Waals surface area (Å²) >= 11 is 1.21. The van der Waals surface area contributed by atoms with Gasteiger partial charge in [-0.3, -0.25) is 18.4 Å². The van der Waals surface area contributed by atoms with Crippen LogP contribution < -0.4 is 15.5 Å². The molecule has 0 saturated carbocycles. The van der Waals surface area contributed by atoms with Gasteiger partial charge < -0.3 is 15.5 Å². The standard InChI is InChI=1S/C25H23N5O5S2/c1-29(20-9-4-3-5-10-20)24(33)18-8-6-7-17(13-18)21-16-36-25(27-21)28-22(31)14-26-23(32)19-11-12-30(15-19)37(2,34)35/h3-13,15-16H,14H2,1-2H3,(H,26,32)(H,27,28,31). The molecule has 2 heterocycles. The number of amides is 3. The lowest BCUT2D eigenvalue weighted by atomic mass is 10.1. The maximum absolute atomic E-state index is 12.9. The van der Waals surface area contributed by atoms with Crippen molar-refractivity contribution in [2.24, 2.45) is 0 Å². The van der Waals surface area contributed by atoms with Crippen LogP contribution in [0.2, 0.25) is 0 Å². The van der Waals surface area contributed by atoms with E-state index in [1.54, 1.807) is 35.5 Å². The van der Waals surface area contributed by atoms with Gasteiger partial charge in [0, 0.05) is 41.6 Å². The Bertz CT molecular complexity index is 1560. The lowest BCUT2D eigenvalue weighted by molar-refractivity contribution is -0.115. The van der Waals surface area contributed by atoms with Crippen LogP contribution in [-0.4, -0.2) is 54.9 Å². The number of rotatable bonds is 8. The zero-order valence-corrected chi connectivity index (χ0v) is 21.5. The summed E-state index contributed by atoms with van der Waals surface area (Å²) in [5, 5.41) is 7.15. The van der Waals surface area contributed by atoms with Crippen molar-refractivity contribution in [3.63, 3.8) is 0 Å². The minimum Gasteiger partial charge on any atom is -0.343 e. The molecule has 0 atom stereocenters. The minimum absolute atomic E-state index is 0.113. The van der Waals surface area contributed by atoms with Gasteiger partial charge in [0.2, 0.25) is 15.9 Å². The highest BCUT2D eigenvalue weighted by molar-refractivity contribution is 7.89. The third kappa shape index (κ3) is 6.29. The molecular weight excluding hydrogens is 514 g/mol. The Morgan fingerprint density at radius 1 is 1.03 bits per heavy atom. The van der Waals surface area contributed by atoms with Gasteiger partial charge in [-0.1, -0.05) is 30.3 Å². The SMILES string of the molecule is CN(C(=O)c1cccc(-c2csc(NC(=O)CNC(=O)c3ccn(S(C)(=O)=O)c3)n2)c1)c1ccccc1. The summed E-state index contributed by atoms with van der Waals surface area (Å²) in [5.74, 6) is -1.25. The molecule has 0 aliphatic carbocycles. The number of thiazole rings is 1. The Morgan fingerprint density at radius 3 is 2.49 bits per heavy atom. The van der Waals surface area contributed by atoms with Gasteiger partial charge in [0.1, 0.15) is 0 Å². The molecule has 4 aromatic rings. The Hall–Kier alpha value is -4.29. The van der Waals surface area contributed by atoms with Gasteiger partial charge in [0.05, 0.1) is 24.1 Å². The lowest BCUT2D eigenvalue weighted by Crippen LogP contribution is -2.32. The predicted octanol–water partition coefficient (Wildman–Crippen LogP) is 3.06. The number of carbonyl (C=O) groups is 3. The molecule has 4 rings (SSSR count). The van der Waals surface area contributed by atoms with E-state index in [1.807, 2.05) is 36.4 Å². The zero-order valence-electron chi connectivity index (χ0n) is 19.9. The van der Waals surface area contributed by atoms with Crippen molar-refractivity contribution in [1.29, 1.82) is 0 Å². The summed E-state index contributed by atoms with van der Waals surface area (Å²) in [6.45, 7) is -0.326. The Kier molecular flexibility index (Phi) is 7.50. The Morgan fingerprint density at radius 2 is 1.78 bits per heavy atom. The molecule has 0 fully saturated rings. The first-order chi connectivity index (χ1) is 17.6. The number of aromatic nitrogens is 2. The molecule has 37 heavy (non-hydrogen) atoms. The van der Waals surface area contributed by atoms with Crippen LogP contribution in [0.15, 0.2) is 78.4 Å². The smallest absolute Gasteiger partial charge is 0.258 e. The molecule has 12 heteroatoms. The first-order valence-corrected chi connectivity index (χ1v) is 13.7. The van der Waals surface area contributed by atoms with Crippen molar-refractivity contribution in [3.8, 4) is 11.3 Å². The molecule has 0 aliphatic heterocycles. The molecular formula is C25H23N5O5S2. The van der Waals surface area contributed by atoms with Gasteiger partial charge in [0.25, 0.3) is 11.8 Å². The average Bonchev–Trinajstić information content (AvgIpc) is 3.57. The number of carbonyl (C=O) groups excluding carboxylic acids is 3. The maximum atomic E-state index is 12.9. The van der Waals surface area contributed by atoms with Crippen LogP contribution in [0.25, 0.3) is 11.3 Å². The molecule has 0 spiro atoms. The van der Waals surface area contributed by atoms with Crippen molar-refractivity contribution in [3.05, 3.63) is 89.6 Å². The van der Waals surface area contributed by atoms with Crippen molar-refractivity contribution in [2.45, 2.75) is 0 Å². The molecule has 0 unspecified atom stereocenters. The fraction of sp³-hybridized carbons (Fsp3) is 0.120. The molecule has 0 radical (unpaired) electrons. The van der Waals surface area contributed by atoms with Gasteiger partial charge in [-0.15, -0.1) is 11.3 Å². The van der Waals surface area contributed by atoms with Gasteiger partial charge in [0.15, 0.2) is 5.13 Å². The highest BCUT2D eigenvalue weighted by Gasteiger charge is 2.16. The van der Waals surface area contributed by atoms with E-state index in [0.717, 1.165) is 15.9 Å². The Balaban J connectivity index is 1.36. The van der Waals surface area contributed by atoms with E-state index in [1.165, 1.54) is 29.8 Å². The van der Waals surface area contributed by atoms with E-state index in [2.05, 4.69) is 15.6 Å². The van der Waals surface area contributed by atoms with Crippen LogP contribution in [0, 0.1) is 0 Å². The topological polar surface area (TPSA) is 130 Å². The van der Waals surface area contributed by atoms with Crippen LogP contribution in [0.5, 0.6) is 0 Å². The third-order valence-electron chi connectivity index (χ3n) is 5.33.